The molecule has 0 N–H and O–H groups in total. The summed E-state index contributed by atoms with van der Waals surface area (Å²) < 4.78 is 13.9. The summed E-state index contributed by atoms with van der Waals surface area (Å²) >= 11 is 3.43. The summed E-state index contributed by atoms with van der Waals surface area (Å²) in [6.45, 7) is 3.99. The molecule has 0 bridgehead atoms. The number of rotatable bonds is 2. The molecule has 0 atom stereocenters. The van der Waals surface area contributed by atoms with Gasteiger partial charge in [0.25, 0.3) is 0 Å². The van der Waals surface area contributed by atoms with E-state index in [1.807, 2.05) is 6.92 Å². The third-order valence-corrected chi connectivity index (χ3v) is 3.26. The maximum atomic E-state index is 13.1. The van der Waals surface area contributed by atoms with E-state index in [0.29, 0.717) is 11.4 Å². The zero-order valence-corrected chi connectivity index (χ0v) is 11.3. The maximum absolute atomic E-state index is 13.1. The molecule has 0 fully saturated rings. The summed E-state index contributed by atoms with van der Waals surface area (Å²) in [5.74, 6) is 0.269. The van der Waals surface area contributed by atoms with Crippen molar-refractivity contribution in [2.45, 2.75) is 20.3 Å². The quantitative estimate of drug-likeness (QED) is 0.785. The molecular formula is C13H12BrFN2. The summed E-state index contributed by atoms with van der Waals surface area (Å²) in [6.07, 6.45) is 0.871. The second kappa shape index (κ2) is 4.92. The van der Waals surface area contributed by atoms with Gasteiger partial charge in [0.05, 0.1) is 0 Å². The molecule has 1 aromatic carbocycles. The topological polar surface area (TPSA) is 25.8 Å². The van der Waals surface area contributed by atoms with Crippen molar-refractivity contribution in [1.29, 1.82) is 0 Å². The molecule has 0 unspecified atom stereocenters. The lowest BCUT2D eigenvalue weighted by atomic mass is 10.1. The van der Waals surface area contributed by atoms with Gasteiger partial charge in [0.2, 0.25) is 0 Å². The van der Waals surface area contributed by atoms with Gasteiger partial charge in [-0.15, -0.1) is 0 Å². The van der Waals surface area contributed by atoms with Crippen LogP contribution in [0.3, 0.4) is 0 Å². The lowest BCUT2D eigenvalue weighted by Crippen LogP contribution is -1.99. The first-order valence-electron chi connectivity index (χ1n) is 5.40. The third kappa shape index (κ3) is 2.52. The minimum atomic E-state index is -0.278. The molecule has 2 aromatic rings. The Morgan fingerprint density at radius 2 is 2.06 bits per heavy atom. The van der Waals surface area contributed by atoms with Crippen LogP contribution in [0.25, 0.3) is 11.4 Å². The van der Waals surface area contributed by atoms with Gasteiger partial charge in [-0.2, -0.15) is 0 Å². The lowest BCUT2D eigenvalue weighted by Gasteiger charge is -2.08. The minimum Gasteiger partial charge on any atom is -0.233 e. The van der Waals surface area contributed by atoms with Crippen molar-refractivity contribution in [1.82, 2.24) is 9.97 Å². The fraction of sp³-hybridized carbons (Fsp3) is 0.231. The highest BCUT2D eigenvalue weighted by atomic mass is 79.9. The molecular weight excluding hydrogens is 283 g/mol. The molecule has 0 amide bonds. The van der Waals surface area contributed by atoms with Crippen LogP contribution < -0.4 is 0 Å². The van der Waals surface area contributed by atoms with Crippen LogP contribution in [-0.4, -0.2) is 9.97 Å². The molecule has 17 heavy (non-hydrogen) atoms. The molecule has 0 radical (unpaired) electrons. The van der Waals surface area contributed by atoms with Crippen molar-refractivity contribution >= 4 is 15.9 Å². The van der Waals surface area contributed by atoms with Crippen LogP contribution in [0.15, 0.2) is 28.9 Å². The summed E-state index contributed by atoms with van der Waals surface area (Å²) in [5.41, 5.74) is 2.70. The van der Waals surface area contributed by atoms with Crippen molar-refractivity contribution in [2.24, 2.45) is 0 Å². The molecule has 0 aliphatic heterocycles. The molecule has 1 heterocycles. The SMILES string of the molecule is CCc1c(C)nc(-c2cccc(F)c2)nc1Br. The fourth-order valence-corrected chi connectivity index (χ4v) is 2.45. The van der Waals surface area contributed by atoms with Crippen LogP contribution in [0, 0.1) is 12.7 Å². The van der Waals surface area contributed by atoms with Crippen molar-refractivity contribution in [2.75, 3.05) is 0 Å². The summed E-state index contributed by atoms with van der Waals surface area (Å²) in [6, 6.07) is 6.31. The Bertz CT molecular complexity index is 532. The Balaban J connectivity index is 2.54. The predicted octanol–water partition coefficient (Wildman–Crippen LogP) is 3.92. The molecule has 2 rings (SSSR count). The first-order chi connectivity index (χ1) is 8.11. The van der Waals surface area contributed by atoms with Crippen LogP contribution in [0.5, 0.6) is 0 Å². The van der Waals surface area contributed by atoms with Crippen molar-refractivity contribution in [3.63, 3.8) is 0 Å². The van der Waals surface area contributed by atoms with E-state index >= 15 is 0 Å². The predicted molar refractivity (Wildman–Crippen MR) is 69.2 cm³/mol. The number of aromatic nitrogens is 2. The van der Waals surface area contributed by atoms with E-state index in [1.165, 1.54) is 12.1 Å². The Morgan fingerprint density at radius 1 is 1.29 bits per heavy atom. The van der Waals surface area contributed by atoms with Crippen molar-refractivity contribution in [3.8, 4) is 11.4 Å². The zero-order chi connectivity index (χ0) is 12.4. The molecule has 0 aliphatic carbocycles. The highest BCUT2D eigenvalue weighted by Gasteiger charge is 2.09. The summed E-state index contributed by atoms with van der Waals surface area (Å²) in [5, 5.41) is 0. The minimum absolute atomic E-state index is 0.278. The molecule has 1 aromatic heterocycles. The van der Waals surface area contributed by atoms with Gasteiger partial charge in [0.15, 0.2) is 5.82 Å². The molecule has 0 spiro atoms. The van der Waals surface area contributed by atoms with E-state index in [2.05, 4.69) is 32.8 Å². The number of nitrogens with zero attached hydrogens (tertiary/aromatic N) is 2. The number of hydrogen-bond acceptors (Lipinski definition) is 2. The normalized spacial score (nSPS) is 10.6. The highest BCUT2D eigenvalue weighted by molar-refractivity contribution is 9.10. The first-order valence-corrected chi connectivity index (χ1v) is 6.20. The van der Waals surface area contributed by atoms with Gasteiger partial charge in [0.1, 0.15) is 10.4 Å². The summed E-state index contributed by atoms with van der Waals surface area (Å²) in [7, 11) is 0. The zero-order valence-electron chi connectivity index (χ0n) is 9.67. The van der Waals surface area contributed by atoms with Gasteiger partial charge < -0.3 is 0 Å². The van der Waals surface area contributed by atoms with Crippen LogP contribution in [0.4, 0.5) is 4.39 Å². The van der Waals surface area contributed by atoms with Gasteiger partial charge in [0, 0.05) is 16.8 Å². The first kappa shape index (κ1) is 12.2. The van der Waals surface area contributed by atoms with E-state index in [0.717, 1.165) is 22.3 Å². The number of aryl methyl sites for hydroxylation is 1. The van der Waals surface area contributed by atoms with Gasteiger partial charge in [-0.1, -0.05) is 19.1 Å². The smallest absolute Gasteiger partial charge is 0.160 e. The number of halogens is 2. The third-order valence-electron chi connectivity index (χ3n) is 2.60. The Hall–Kier alpha value is -1.29. The van der Waals surface area contributed by atoms with Crippen molar-refractivity contribution in [3.05, 3.63) is 45.9 Å². The second-order valence-corrected chi connectivity index (χ2v) is 4.52. The van der Waals surface area contributed by atoms with E-state index in [-0.39, 0.29) is 5.82 Å². The number of benzene rings is 1. The highest BCUT2D eigenvalue weighted by Crippen LogP contribution is 2.23. The maximum Gasteiger partial charge on any atom is 0.160 e. The molecule has 0 saturated carbocycles. The van der Waals surface area contributed by atoms with Gasteiger partial charge in [-0.3, -0.25) is 0 Å². The molecule has 88 valence electrons. The standard InChI is InChI=1S/C13H12BrFN2/c1-3-11-8(2)16-13(17-12(11)14)9-5-4-6-10(15)7-9/h4-7H,3H2,1-2H3. The Morgan fingerprint density at radius 3 is 2.65 bits per heavy atom. The fourth-order valence-electron chi connectivity index (χ4n) is 1.72. The molecule has 4 heteroatoms. The van der Waals surface area contributed by atoms with Crippen LogP contribution in [0.1, 0.15) is 18.2 Å². The van der Waals surface area contributed by atoms with E-state index in [4.69, 9.17) is 0 Å². The molecule has 0 aliphatic rings. The van der Waals surface area contributed by atoms with E-state index in [9.17, 15) is 4.39 Å². The van der Waals surface area contributed by atoms with Gasteiger partial charge >= 0.3 is 0 Å². The van der Waals surface area contributed by atoms with Gasteiger partial charge in [-0.25, -0.2) is 14.4 Å². The van der Waals surface area contributed by atoms with Gasteiger partial charge in [-0.05, 0) is 41.4 Å². The Labute approximate surface area is 108 Å². The largest absolute Gasteiger partial charge is 0.233 e. The van der Waals surface area contributed by atoms with E-state index < -0.39 is 0 Å². The molecule has 0 saturated heterocycles. The lowest BCUT2D eigenvalue weighted by molar-refractivity contribution is 0.628. The van der Waals surface area contributed by atoms with Crippen molar-refractivity contribution < 1.29 is 4.39 Å². The summed E-state index contributed by atoms with van der Waals surface area (Å²) in [4.78, 5) is 8.76. The Kier molecular flexibility index (Phi) is 3.52. The molecule has 2 nitrogen and oxygen atoms in total. The van der Waals surface area contributed by atoms with Crippen LogP contribution in [-0.2, 0) is 6.42 Å². The average Bonchev–Trinajstić information content (AvgIpc) is 2.28. The second-order valence-electron chi connectivity index (χ2n) is 3.77. The van der Waals surface area contributed by atoms with Crippen LogP contribution >= 0.6 is 15.9 Å². The van der Waals surface area contributed by atoms with Crippen LogP contribution in [0.2, 0.25) is 0 Å². The average molecular weight is 295 g/mol. The monoisotopic (exact) mass is 294 g/mol. The number of hydrogen-bond donors (Lipinski definition) is 0. The van der Waals surface area contributed by atoms with E-state index in [1.54, 1.807) is 12.1 Å².